The Hall–Kier alpha value is -0.930. The molecule has 0 spiro atoms. The first-order valence-electron chi connectivity index (χ1n) is 7.57. The van der Waals surface area contributed by atoms with E-state index in [9.17, 15) is 4.39 Å². The fourth-order valence-corrected chi connectivity index (χ4v) is 2.50. The summed E-state index contributed by atoms with van der Waals surface area (Å²) in [4.78, 5) is 2.43. The lowest BCUT2D eigenvalue weighted by Gasteiger charge is -2.33. The van der Waals surface area contributed by atoms with E-state index in [1.165, 1.54) is 6.07 Å². The van der Waals surface area contributed by atoms with Crippen molar-refractivity contribution in [2.75, 3.05) is 13.1 Å². The molecule has 2 N–H and O–H groups in total. The fraction of sp³-hybridized carbons (Fsp3) is 0.647. The SMILES string of the molecule is CC(C)CN(CC(C)C(N)c1ccccc1F)C(C)C. The number of nitrogens with two attached hydrogens (primary N) is 1. The van der Waals surface area contributed by atoms with Gasteiger partial charge in [-0.2, -0.15) is 0 Å². The highest BCUT2D eigenvalue weighted by Crippen LogP contribution is 2.23. The van der Waals surface area contributed by atoms with Crippen LogP contribution in [-0.4, -0.2) is 24.0 Å². The van der Waals surface area contributed by atoms with E-state index in [4.69, 9.17) is 5.73 Å². The molecule has 20 heavy (non-hydrogen) atoms. The highest BCUT2D eigenvalue weighted by Gasteiger charge is 2.22. The van der Waals surface area contributed by atoms with Gasteiger partial charge in [-0.25, -0.2) is 4.39 Å². The maximum atomic E-state index is 13.8. The van der Waals surface area contributed by atoms with E-state index < -0.39 is 0 Å². The highest BCUT2D eigenvalue weighted by molar-refractivity contribution is 5.21. The van der Waals surface area contributed by atoms with Gasteiger partial charge in [-0.05, 0) is 31.7 Å². The second-order valence-corrected chi connectivity index (χ2v) is 6.47. The molecule has 0 bridgehead atoms. The molecular weight excluding hydrogens is 251 g/mol. The van der Waals surface area contributed by atoms with Gasteiger partial charge in [0.15, 0.2) is 0 Å². The topological polar surface area (TPSA) is 29.3 Å². The summed E-state index contributed by atoms with van der Waals surface area (Å²) in [5.41, 5.74) is 6.87. The number of nitrogens with zero attached hydrogens (tertiary/aromatic N) is 1. The molecule has 3 heteroatoms. The number of rotatable bonds is 7. The van der Waals surface area contributed by atoms with Crippen LogP contribution in [0.2, 0.25) is 0 Å². The molecule has 1 aromatic carbocycles. The average Bonchev–Trinajstić information content (AvgIpc) is 2.37. The second-order valence-electron chi connectivity index (χ2n) is 6.47. The van der Waals surface area contributed by atoms with Gasteiger partial charge in [0.1, 0.15) is 5.82 Å². The van der Waals surface area contributed by atoms with Crippen molar-refractivity contribution >= 4 is 0 Å². The van der Waals surface area contributed by atoms with Gasteiger partial charge < -0.3 is 10.6 Å². The molecule has 0 aliphatic heterocycles. The summed E-state index contributed by atoms with van der Waals surface area (Å²) in [6, 6.07) is 7.04. The first kappa shape index (κ1) is 17.1. The molecule has 0 aromatic heterocycles. The van der Waals surface area contributed by atoms with Crippen molar-refractivity contribution < 1.29 is 4.39 Å². The minimum absolute atomic E-state index is 0.202. The minimum atomic E-state index is -0.260. The van der Waals surface area contributed by atoms with Gasteiger partial charge in [-0.15, -0.1) is 0 Å². The smallest absolute Gasteiger partial charge is 0.127 e. The van der Waals surface area contributed by atoms with Crippen molar-refractivity contribution in [3.05, 3.63) is 35.6 Å². The molecule has 0 fully saturated rings. The van der Waals surface area contributed by atoms with Gasteiger partial charge in [0, 0.05) is 30.7 Å². The quantitative estimate of drug-likeness (QED) is 0.822. The lowest BCUT2D eigenvalue weighted by Crippen LogP contribution is -2.40. The van der Waals surface area contributed by atoms with Crippen LogP contribution >= 0.6 is 0 Å². The molecule has 0 saturated heterocycles. The third-order valence-electron chi connectivity index (χ3n) is 3.73. The normalized spacial score (nSPS) is 15.1. The van der Waals surface area contributed by atoms with Crippen LogP contribution in [0.25, 0.3) is 0 Å². The zero-order chi connectivity index (χ0) is 15.3. The number of benzene rings is 1. The van der Waals surface area contributed by atoms with Crippen molar-refractivity contribution in [2.45, 2.75) is 46.7 Å². The summed E-state index contributed by atoms with van der Waals surface area (Å²) in [5.74, 6) is 0.633. The van der Waals surface area contributed by atoms with Gasteiger partial charge in [0.2, 0.25) is 0 Å². The molecule has 0 aliphatic carbocycles. The number of halogens is 1. The molecule has 2 nitrogen and oxygen atoms in total. The molecule has 1 rings (SSSR count). The van der Waals surface area contributed by atoms with Gasteiger partial charge in [0.25, 0.3) is 0 Å². The third kappa shape index (κ3) is 4.88. The first-order valence-corrected chi connectivity index (χ1v) is 7.57. The third-order valence-corrected chi connectivity index (χ3v) is 3.73. The van der Waals surface area contributed by atoms with Crippen molar-refractivity contribution in [3.63, 3.8) is 0 Å². The molecule has 0 aliphatic rings. The summed E-state index contributed by atoms with van der Waals surface area (Å²) in [7, 11) is 0. The number of hydrogen-bond acceptors (Lipinski definition) is 2. The Balaban J connectivity index is 2.73. The molecule has 2 atom stereocenters. The molecule has 2 unspecified atom stereocenters. The molecule has 114 valence electrons. The summed E-state index contributed by atoms with van der Waals surface area (Å²) in [5, 5.41) is 0. The molecule has 1 aromatic rings. The molecule has 0 heterocycles. The van der Waals surface area contributed by atoms with E-state index in [1.54, 1.807) is 12.1 Å². The van der Waals surface area contributed by atoms with E-state index in [0.717, 1.165) is 13.1 Å². The highest BCUT2D eigenvalue weighted by atomic mass is 19.1. The van der Waals surface area contributed by atoms with Gasteiger partial charge in [-0.1, -0.05) is 39.0 Å². The van der Waals surface area contributed by atoms with E-state index >= 15 is 0 Å². The Kier molecular flexibility index (Phi) is 6.63. The molecular formula is C17H29FN2. The van der Waals surface area contributed by atoms with Crippen molar-refractivity contribution in [2.24, 2.45) is 17.6 Å². The second kappa shape index (κ2) is 7.75. The van der Waals surface area contributed by atoms with Crippen LogP contribution < -0.4 is 5.73 Å². The van der Waals surface area contributed by atoms with Crippen LogP contribution in [0.3, 0.4) is 0 Å². The van der Waals surface area contributed by atoms with Crippen LogP contribution in [0, 0.1) is 17.7 Å². The van der Waals surface area contributed by atoms with Crippen LogP contribution in [-0.2, 0) is 0 Å². The lowest BCUT2D eigenvalue weighted by atomic mass is 9.94. The summed E-state index contributed by atoms with van der Waals surface area (Å²) in [6.45, 7) is 12.9. The van der Waals surface area contributed by atoms with E-state index in [-0.39, 0.29) is 17.8 Å². The Morgan fingerprint density at radius 1 is 1.05 bits per heavy atom. The fourth-order valence-electron chi connectivity index (χ4n) is 2.50. The predicted molar refractivity (Wildman–Crippen MR) is 84.0 cm³/mol. The van der Waals surface area contributed by atoms with Gasteiger partial charge in [0.05, 0.1) is 0 Å². The summed E-state index contributed by atoms with van der Waals surface area (Å²) >= 11 is 0. The Bertz CT molecular complexity index is 404. The number of hydrogen-bond donors (Lipinski definition) is 1. The predicted octanol–water partition coefficient (Wildman–Crippen LogP) is 3.83. The first-order chi connectivity index (χ1) is 9.32. The Morgan fingerprint density at radius 2 is 1.65 bits per heavy atom. The van der Waals surface area contributed by atoms with Gasteiger partial charge in [-0.3, -0.25) is 0 Å². The van der Waals surface area contributed by atoms with E-state index in [2.05, 4.69) is 39.5 Å². The van der Waals surface area contributed by atoms with Crippen LogP contribution in [0.15, 0.2) is 24.3 Å². The summed E-state index contributed by atoms with van der Waals surface area (Å²) < 4.78 is 13.8. The van der Waals surface area contributed by atoms with E-state index in [0.29, 0.717) is 17.5 Å². The van der Waals surface area contributed by atoms with Crippen LogP contribution in [0.5, 0.6) is 0 Å². The van der Waals surface area contributed by atoms with Crippen molar-refractivity contribution in [1.82, 2.24) is 4.90 Å². The zero-order valence-electron chi connectivity index (χ0n) is 13.4. The van der Waals surface area contributed by atoms with Gasteiger partial charge >= 0.3 is 0 Å². The van der Waals surface area contributed by atoms with Crippen LogP contribution in [0.4, 0.5) is 4.39 Å². The maximum absolute atomic E-state index is 13.8. The standard InChI is InChI=1S/C17H29FN2/c1-12(2)10-20(13(3)4)11-14(5)17(19)15-8-6-7-9-16(15)18/h6-9,12-14,17H,10-11,19H2,1-5H3. The molecule has 0 radical (unpaired) electrons. The lowest BCUT2D eigenvalue weighted by molar-refractivity contribution is 0.162. The van der Waals surface area contributed by atoms with Crippen molar-refractivity contribution in [3.8, 4) is 0 Å². The van der Waals surface area contributed by atoms with E-state index in [1.807, 2.05) is 6.07 Å². The Morgan fingerprint density at radius 3 is 2.15 bits per heavy atom. The minimum Gasteiger partial charge on any atom is -0.324 e. The summed E-state index contributed by atoms with van der Waals surface area (Å²) in [6.07, 6.45) is 0. The Labute approximate surface area is 123 Å². The largest absolute Gasteiger partial charge is 0.324 e. The maximum Gasteiger partial charge on any atom is 0.127 e. The zero-order valence-corrected chi connectivity index (χ0v) is 13.4. The molecule has 0 amide bonds. The molecule has 0 saturated carbocycles. The average molecular weight is 280 g/mol. The monoisotopic (exact) mass is 280 g/mol. The van der Waals surface area contributed by atoms with Crippen LogP contribution in [0.1, 0.15) is 46.2 Å². The van der Waals surface area contributed by atoms with Crippen molar-refractivity contribution in [1.29, 1.82) is 0 Å².